The first-order valence-corrected chi connectivity index (χ1v) is 26.6. The zero-order valence-corrected chi connectivity index (χ0v) is 39.6. The van der Waals surface area contributed by atoms with Gasteiger partial charge >= 0.3 is 32.7 Å². The van der Waals surface area contributed by atoms with Gasteiger partial charge in [0.25, 0.3) is 0 Å². The average Bonchev–Trinajstić information content (AvgIpc) is 3.21. The molecule has 0 saturated heterocycles. The maximum Gasteiger partial charge on any atom is 0.400 e. The number of benzene rings is 1. The molecule has 0 spiro atoms. The third-order valence-electron chi connectivity index (χ3n) is 11.1. The molecule has 0 aromatic heterocycles. The lowest BCUT2D eigenvalue weighted by Crippen LogP contribution is -2.37. The highest BCUT2D eigenvalue weighted by molar-refractivity contribution is 7.81. The van der Waals surface area contributed by atoms with Crippen molar-refractivity contribution < 1.29 is 63.6 Å². The second-order valence-electron chi connectivity index (χ2n) is 16.8. The van der Waals surface area contributed by atoms with E-state index >= 15 is 0 Å². The van der Waals surface area contributed by atoms with Crippen molar-refractivity contribution in [3.63, 3.8) is 0 Å². The summed E-state index contributed by atoms with van der Waals surface area (Å²) in [6, 6.07) is 4.93. The third-order valence-corrected chi connectivity index (χ3v) is 11.9. The quantitative estimate of drug-likeness (QED) is 0.0207. The van der Waals surface area contributed by atoms with E-state index in [0.29, 0.717) is 25.7 Å². The Hall–Kier alpha value is -2.18. The summed E-state index contributed by atoms with van der Waals surface area (Å²) in [6.45, 7) is 4.44. The van der Waals surface area contributed by atoms with Crippen LogP contribution in [0.5, 0.6) is 0 Å². The Morgan fingerprint density at radius 2 is 0.661 bits per heavy atom. The Labute approximate surface area is 374 Å². The molecule has 1 aromatic rings. The van der Waals surface area contributed by atoms with Gasteiger partial charge in [0, 0.05) is 0 Å². The van der Waals surface area contributed by atoms with Gasteiger partial charge in [-0.25, -0.2) is 18.0 Å². The third kappa shape index (κ3) is 31.6. The Morgan fingerprint density at radius 3 is 0.887 bits per heavy atom. The SMILES string of the molecule is CCCCCCCCCCCCCCCCCC(O)C(OC(=O)c1ccccc1C(=O)OC(OS(=O)(=O)O)C(O)CCCCCCCCCCCCCCCCC)OS(=O)(=O)O. The molecule has 1 rings (SSSR count). The van der Waals surface area contributed by atoms with E-state index in [1.54, 1.807) is 0 Å². The molecule has 1 aromatic carbocycles. The number of unbranched alkanes of at least 4 members (excludes halogenated alkanes) is 28. The number of aliphatic hydroxyl groups is 2. The van der Waals surface area contributed by atoms with Crippen LogP contribution in [0.25, 0.3) is 0 Å². The fourth-order valence-electron chi connectivity index (χ4n) is 7.46. The molecule has 0 fully saturated rings. The molecule has 0 amide bonds. The number of esters is 2. The second-order valence-corrected chi connectivity index (χ2v) is 18.8. The van der Waals surface area contributed by atoms with Crippen LogP contribution < -0.4 is 0 Å². The van der Waals surface area contributed by atoms with Crippen molar-refractivity contribution >= 4 is 32.7 Å². The van der Waals surface area contributed by atoms with Gasteiger partial charge < -0.3 is 19.7 Å². The first kappa shape index (κ1) is 57.8. The summed E-state index contributed by atoms with van der Waals surface area (Å²) < 4.78 is 84.5. The molecule has 62 heavy (non-hydrogen) atoms. The number of hydrogen-bond acceptors (Lipinski definition) is 12. The minimum Gasteiger partial charge on any atom is -0.428 e. The summed E-state index contributed by atoms with van der Waals surface area (Å²) in [7, 11) is -10.4. The van der Waals surface area contributed by atoms with Crippen LogP contribution in [0.3, 0.4) is 0 Å². The fourth-order valence-corrected chi connectivity index (χ4v) is 8.28. The summed E-state index contributed by atoms with van der Waals surface area (Å²) in [5.41, 5.74) is -0.994. The van der Waals surface area contributed by atoms with Gasteiger partial charge in [-0.2, -0.15) is 16.8 Å². The van der Waals surface area contributed by atoms with Gasteiger partial charge in [0.1, 0.15) is 12.2 Å². The van der Waals surface area contributed by atoms with Crippen molar-refractivity contribution in [2.45, 2.75) is 244 Å². The van der Waals surface area contributed by atoms with Gasteiger partial charge in [0.05, 0.1) is 11.1 Å². The Bertz CT molecular complexity index is 1390. The van der Waals surface area contributed by atoms with Gasteiger partial charge in [-0.1, -0.05) is 219 Å². The molecule has 0 radical (unpaired) electrons. The minimum atomic E-state index is -5.20. The maximum absolute atomic E-state index is 13.3. The first-order valence-electron chi connectivity index (χ1n) is 23.9. The van der Waals surface area contributed by atoms with Gasteiger partial charge in [0.2, 0.25) is 12.6 Å². The van der Waals surface area contributed by atoms with Crippen LogP contribution in [-0.4, -0.2) is 72.9 Å². The number of hydrogen-bond donors (Lipinski definition) is 4. The van der Waals surface area contributed by atoms with Crippen LogP contribution in [-0.2, 0) is 38.6 Å². The minimum absolute atomic E-state index is 0.0265. The molecule has 0 saturated carbocycles. The van der Waals surface area contributed by atoms with Crippen molar-refractivity contribution in [3.05, 3.63) is 35.4 Å². The van der Waals surface area contributed by atoms with Crippen molar-refractivity contribution in [2.24, 2.45) is 0 Å². The lowest BCUT2D eigenvalue weighted by atomic mass is 10.0. The van der Waals surface area contributed by atoms with Gasteiger partial charge in [-0.15, -0.1) is 0 Å². The first-order chi connectivity index (χ1) is 29.7. The highest BCUT2D eigenvalue weighted by atomic mass is 32.3. The molecule has 0 heterocycles. The van der Waals surface area contributed by atoms with E-state index < -0.39 is 68.7 Å². The van der Waals surface area contributed by atoms with Crippen molar-refractivity contribution in [3.8, 4) is 0 Å². The van der Waals surface area contributed by atoms with E-state index in [2.05, 4.69) is 22.2 Å². The summed E-state index contributed by atoms with van der Waals surface area (Å²) in [5.74, 6) is -2.68. The number of rotatable bonds is 42. The number of ether oxygens (including phenoxy) is 2. The molecule has 0 aliphatic carbocycles. The average molecular weight is 923 g/mol. The molecule has 0 aliphatic heterocycles. The Balaban J connectivity index is 2.62. The van der Waals surface area contributed by atoms with E-state index in [4.69, 9.17) is 9.47 Å². The van der Waals surface area contributed by atoms with Crippen molar-refractivity contribution in [2.75, 3.05) is 0 Å². The summed E-state index contributed by atoms with van der Waals surface area (Å²) in [6.07, 6.45) is 26.0. The number of aliphatic hydroxyl groups excluding tert-OH is 2. The molecular formula is C46H82O14S2. The molecule has 14 nitrogen and oxygen atoms in total. The van der Waals surface area contributed by atoms with Crippen LogP contribution in [0.15, 0.2) is 24.3 Å². The van der Waals surface area contributed by atoms with Crippen LogP contribution in [0, 0.1) is 0 Å². The van der Waals surface area contributed by atoms with E-state index in [0.717, 1.165) is 63.5 Å². The normalized spacial score (nSPS) is 14.0. The molecule has 4 N–H and O–H groups in total. The molecule has 362 valence electrons. The zero-order valence-electron chi connectivity index (χ0n) is 37.9. The highest BCUT2D eigenvalue weighted by Gasteiger charge is 2.33. The standard InChI is InChI=1S/C46H82O14S2/c1-3-5-7-9-11-13-15-17-19-21-23-25-27-29-31-37-41(47)45(59-61(51,52)53)57-43(49)39-35-33-34-36-40(39)44(50)58-46(60-62(54,55)56)42(48)38-32-30-28-26-24-22-20-18-16-14-12-10-8-6-4-2/h33-36,41-42,45-48H,3-32,37-38H2,1-2H3,(H,51,52,53)(H,54,55,56). The second kappa shape index (κ2) is 36.1. The number of carbonyl (C=O) groups is 2. The van der Waals surface area contributed by atoms with Crippen LogP contribution in [0.4, 0.5) is 0 Å². The van der Waals surface area contributed by atoms with E-state index in [1.807, 2.05) is 0 Å². The number of carbonyl (C=O) groups excluding carboxylic acids is 2. The largest absolute Gasteiger partial charge is 0.428 e. The van der Waals surface area contributed by atoms with E-state index in [9.17, 15) is 45.7 Å². The van der Waals surface area contributed by atoms with Crippen LogP contribution in [0.1, 0.15) is 240 Å². The van der Waals surface area contributed by atoms with Crippen molar-refractivity contribution in [1.29, 1.82) is 0 Å². The predicted octanol–water partition coefficient (Wildman–Crippen LogP) is 11.5. The van der Waals surface area contributed by atoms with Gasteiger partial charge in [0.15, 0.2) is 0 Å². The van der Waals surface area contributed by atoms with E-state index in [1.165, 1.54) is 128 Å². The summed E-state index contributed by atoms with van der Waals surface area (Å²) >= 11 is 0. The predicted molar refractivity (Wildman–Crippen MR) is 241 cm³/mol. The lowest BCUT2D eigenvalue weighted by Gasteiger charge is -2.23. The summed E-state index contributed by atoms with van der Waals surface area (Å²) in [5, 5.41) is 21.5. The zero-order chi connectivity index (χ0) is 45.9. The fraction of sp³-hybridized carbons (Fsp3) is 0.826. The maximum atomic E-state index is 13.3. The van der Waals surface area contributed by atoms with Crippen LogP contribution >= 0.6 is 0 Å². The topological polar surface area (TPSA) is 220 Å². The Morgan fingerprint density at radius 1 is 0.435 bits per heavy atom. The lowest BCUT2D eigenvalue weighted by molar-refractivity contribution is -0.119. The molecule has 4 atom stereocenters. The van der Waals surface area contributed by atoms with Gasteiger partial charge in [-0.3, -0.25) is 9.11 Å². The molecule has 16 heteroatoms. The smallest absolute Gasteiger partial charge is 0.400 e. The highest BCUT2D eigenvalue weighted by Crippen LogP contribution is 2.22. The monoisotopic (exact) mass is 923 g/mol. The van der Waals surface area contributed by atoms with Crippen LogP contribution in [0.2, 0.25) is 0 Å². The molecular weight excluding hydrogens is 841 g/mol. The van der Waals surface area contributed by atoms with E-state index in [-0.39, 0.29) is 12.8 Å². The molecule has 0 aliphatic rings. The van der Waals surface area contributed by atoms with Gasteiger partial charge in [-0.05, 0) is 25.0 Å². The molecule has 0 bridgehead atoms. The summed E-state index contributed by atoms with van der Waals surface area (Å²) in [4.78, 5) is 26.6. The van der Waals surface area contributed by atoms with Crippen molar-refractivity contribution in [1.82, 2.24) is 0 Å². The Kier molecular flexibility index (Phi) is 33.7. The molecule has 4 unspecified atom stereocenters.